The summed E-state index contributed by atoms with van der Waals surface area (Å²) < 4.78 is 44.6. The smallest absolute Gasteiger partial charge is 0.416 e. The van der Waals surface area contributed by atoms with Gasteiger partial charge in [-0.25, -0.2) is 9.59 Å². The molecule has 0 unspecified atom stereocenters. The van der Waals surface area contributed by atoms with E-state index in [9.17, 15) is 27.6 Å². The van der Waals surface area contributed by atoms with E-state index in [4.69, 9.17) is 4.74 Å². The third kappa shape index (κ3) is 3.98. The van der Waals surface area contributed by atoms with Gasteiger partial charge in [-0.3, -0.25) is 14.3 Å². The second-order valence-electron chi connectivity index (χ2n) is 5.24. The van der Waals surface area contributed by atoms with Gasteiger partial charge in [0, 0.05) is 6.20 Å². The summed E-state index contributed by atoms with van der Waals surface area (Å²) in [5, 5.41) is 0. The summed E-state index contributed by atoms with van der Waals surface area (Å²) in [6, 6.07) is 3.61. The van der Waals surface area contributed by atoms with E-state index in [-0.39, 0.29) is 24.3 Å². The van der Waals surface area contributed by atoms with Crippen molar-refractivity contribution in [2.45, 2.75) is 26.6 Å². The Morgan fingerprint density at radius 1 is 1.28 bits per heavy atom. The number of esters is 1. The standard InChI is InChI=1S/C16H15F3N2O4/c1-3-25-14(23)11-8-21(15(24)20-13(11)22)7-10-5-4-6-12(9(10)2)16(17,18)19/h4-6,8H,3,7H2,1-2H3,(H,20,22,24). The number of ether oxygens (including phenoxy) is 1. The number of alkyl halides is 3. The first-order valence-electron chi connectivity index (χ1n) is 7.31. The van der Waals surface area contributed by atoms with Gasteiger partial charge in [0.15, 0.2) is 0 Å². The Hall–Kier alpha value is -2.84. The molecule has 6 nitrogen and oxygen atoms in total. The number of halogens is 3. The highest BCUT2D eigenvalue weighted by Gasteiger charge is 2.32. The molecule has 0 saturated carbocycles. The van der Waals surface area contributed by atoms with E-state index in [1.165, 1.54) is 19.1 Å². The number of hydrogen-bond acceptors (Lipinski definition) is 4. The zero-order valence-electron chi connectivity index (χ0n) is 13.4. The molecule has 0 aliphatic carbocycles. The van der Waals surface area contributed by atoms with Crippen molar-refractivity contribution in [1.82, 2.24) is 9.55 Å². The number of carbonyl (C=O) groups excluding carboxylic acids is 1. The first-order chi connectivity index (χ1) is 11.6. The van der Waals surface area contributed by atoms with E-state index in [2.05, 4.69) is 0 Å². The van der Waals surface area contributed by atoms with Crippen molar-refractivity contribution in [1.29, 1.82) is 0 Å². The van der Waals surface area contributed by atoms with Gasteiger partial charge >= 0.3 is 17.8 Å². The van der Waals surface area contributed by atoms with Crippen LogP contribution < -0.4 is 11.2 Å². The van der Waals surface area contributed by atoms with Crippen molar-refractivity contribution in [3.05, 3.63) is 67.5 Å². The van der Waals surface area contributed by atoms with Crippen LogP contribution in [0.25, 0.3) is 0 Å². The molecule has 0 amide bonds. The highest BCUT2D eigenvalue weighted by Crippen LogP contribution is 2.32. The molecule has 2 aromatic rings. The molecule has 1 aromatic carbocycles. The van der Waals surface area contributed by atoms with Crippen LogP contribution >= 0.6 is 0 Å². The van der Waals surface area contributed by atoms with Gasteiger partial charge in [-0.2, -0.15) is 13.2 Å². The summed E-state index contributed by atoms with van der Waals surface area (Å²) in [6.45, 7) is 2.64. The minimum absolute atomic E-state index is 0.0319. The molecule has 1 heterocycles. The maximum atomic E-state index is 13.0. The average molecular weight is 356 g/mol. The zero-order chi connectivity index (χ0) is 18.8. The first-order valence-corrected chi connectivity index (χ1v) is 7.31. The monoisotopic (exact) mass is 356 g/mol. The number of aromatic amines is 1. The third-order valence-electron chi connectivity index (χ3n) is 3.60. The summed E-state index contributed by atoms with van der Waals surface area (Å²) >= 11 is 0. The van der Waals surface area contributed by atoms with Crippen LogP contribution in [0, 0.1) is 6.92 Å². The molecule has 9 heteroatoms. The topological polar surface area (TPSA) is 81.2 Å². The minimum atomic E-state index is -4.52. The number of hydrogen-bond donors (Lipinski definition) is 1. The quantitative estimate of drug-likeness (QED) is 0.851. The molecule has 134 valence electrons. The maximum absolute atomic E-state index is 13.0. The van der Waals surface area contributed by atoms with Crippen molar-refractivity contribution in [3.63, 3.8) is 0 Å². The van der Waals surface area contributed by atoms with Crippen molar-refractivity contribution in [2.75, 3.05) is 6.61 Å². The average Bonchev–Trinajstić information content (AvgIpc) is 2.50. The molecule has 0 radical (unpaired) electrons. The predicted octanol–water partition coefficient (Wildman–Crippen LogP) is 2.09. The Morgan fingerprint density at radius 2 is 1.96 bits per heavy atom. The number of carbonyl (C=O) groups is 1. The van der Waals surface area contributed by atoms with Crippen molar-refractivity contribution < 1.29 is 22.7 Å². The number of H-pyrrole nitrogens is 1. The highest BCUT2D eigenvalue weighted by atomic mass is 19.4. The van der Waals surface area contributed by atoms with Crippen LogP contribution in [0.4, 0.5) is 13.2 Å². The number of benzene rings is 1. The summed E-state index contributed by atoms with van der Waals surface area (Å²) in [4.78, 5) is 37.3. The van der Waals surface area contributed by atoms with E-state index in [1.54, 1.807) is 6.92 Å². The van der Waals surface area contributed by atoms with Gasteiger partial charge < -0.3 is 4.74 Å². The van der Waals surface area contributed by atoms with E-state index in [0.717, 1.165) is 16.8 Å². The summed E-state index contributed by atoms with van der Waals surface area (Å²) in [7, 11) is 0. The van der Waals surface area contributed by atoms with Crippen LogP contribution in [-0.4, -0.2) is 22.1 Å². The zero-order valence-corrected chi connectivity index (χ0v) is 13.4. The lowest BCUT2D eigenvalue weighted by atomic mass is 10.0. The van der Waals surface area contributed by atoms with Gasteiger partial charge in [-0.15, -0.1) is 0 Å². The number of nitrogens with one attached hydrogen (secondary N) is 1. The number of rotatable bonds is 4. The summed E-state index contributed by atoms with van der Waals surface area (Å²) in [5.41, 5.74) is -2.76. The van der Waals surface area contributed by atoms with E-state index >= 15 is 0 Å². The fraction of sp³-hybridized carbons (Fsp3) is 0.312. The van der Waals surface area contributed by atoms with Crippen molar-refractivity contribution in [3.8, 4) is 0 Å². The number of nitrogens with zero attached hydrogens (tertiary/aromatic N) is 1. The fourth-order valence-electron chi connectivity index (χ4n) is 2.33. The van der Waals surface area contributed by atoms with Gasteiger partial charge in [-0.05, 0) is 31.0 Å². The molecular weight excluding hydrogens is 341 g/mol. The normalized spacial score (nSPS) is 11.4. The lowest BCUT2D eigenvalue weighted by molar-refractivity contribution is -0.138. The molecule has 2 rings (SSSR count). The molecule has 0 saturated heterocycles. The van der Waals surface area contributed by atoms with Gasteiger partial charge in [0.1, 0.15) is 5.56 Å². The lowest BCUT2D eigenvalue weighted by Crippen LogP contribution is -2.34. The molecule has 1 aromatic heterocycles. The molecule has 0 aliphatic heterocycles. The van der Waals surface area contributed by atoms with Gasteiger partial charge in [-0.1, -0.05) is 12.1 Å². The summed E-state index contributed by atoms with van der Waals surface area (Å²) in [5.74, 6) is -0.918. The Bertz CT molecular complexity index is 913. The molecule has 0 aliphatic rings. The molecule has 0 fully saturated rings. The first kappa shape index (κ1) is 18.5. The summed E-state index contributed by atoms with van der Waals surface area (Å²) in [6.07, 6.45) is -3.54. The molecule has 0 bridgehead atoms. The van der Waals surface area contributed by atoms with Crippen molar-refractivity contribution >= 4 is 5.97 Å². The fourth-order valence-corrected chi connectivity index (χ4v) is 2.33. The Labute approximate surface area is 139 Å². The molecule has 1 N–H and O–H groups in total. The van der Waals surface area contributed by atoms with Crippen molar-refractivity contribution in [2.24, 2.45) is 0 Å². The predicted molar refractivity (Wildman–Crippen MR) is 82.6 cm³/mol. The van der Waals surface area contributed by atoms with Crippen LogP contribution in [0.1, 0.15) is 34.0 Å². The molecule has 0 spiro atoms. The van der Waals surface area contributed by atoms with Gasteiger partial charge in [0.2, 0.25) is 0 Å². The SMILES string of the molecule is CCOC(=O)c1cn(Cc2cccc(C(F)(F)F)c2C)c(=O)[nH]c1=O. The van der Waals surface area contributed by atoms with Crippen LogP contribution in [0.3, 0.4) is 0 Å². The molecule has 25 heavy (non-hydrogen) atoms. The molecular formula is C16H15F3N2O4. The maximum Gasteiger partial charge on any atom is 0.416 e. The highest BCUT2D eigenvalue weighted by molar-refractivity contribution is 5.88. The van der Waals surface area contributed by atoms with Gasteiger partial charge in [0.05, 0.1) is 18.7 Å². The Morgan fingerprint density at radius 3 is 2.56 bits per heavy atom. The van der Waals surface area contributed by atoms with E-state index < -0.39 is 34.5 Å². The Balaban J connectivity index is 2.48. The largest absolute Gasteiger partial charge is 0.462 e. The van der Waals surface area contributed by atoms with Gasteiger partial charge in [0.25, 0.3) is 5.56 Å². The lowest BCUT2D eigenvalue weighted by Gasteiger charge is -2.15. The van der Waals surface area contributed by atoms with Crippen LogP contribution in [0.2, 0.25) is 0 Å². The molecule has 0 atom stereocenters. The van der Waals surface area contributed by atoms with Crippen LogP contribution in [0.15, 0.2) is 34.0 Å². The second-order valence-corrected chi connectivity index (χ2v) is 5.24. The van der Waals surface area contributed by atoms with Crippen LogP contribution in [-0.2, 0) is 17.5 Å². The van der Waals surface area contributed by atoms with E-state index in [0.29, 0.717) is 0 Å². The third-order valence-corrected chi connectivity index (χ3v) is 3.60. The number of aromatic nitrogens is 2. The van der Waals surface area contributed by atoms with Crippen LogP contribution in [0.5, 0.6) is 0 Å². The second kappa shape index (κ2) is 6.96. The van der Waals surface area contributed by atoms with E-state index in [1.807, 2.05) is 4.98 Å². The Kier molecular flexibility index (Phi) is 5.15. The minimum Gasteiger partial charge on any atom is -0.462 e.